The number of carbonyl (C=O) groups is 1. The molecular weight excluding hydrogens is 218 g/mol. The third-order valence-corrected chi connectivity index (χ3v) is 2.47. The first kappa shape index (κ1) is 13.5. The van der Waals surface area contributed by atoms with E-state index in [1.807, 2.05) is 31.3 Å². The molecule has 0 radical (unpaired) electrons. The van der Waals surface area contributed by atoms with Crippen LogP contribution < -0.4 is 16.0 Å². The number of benzene rings is 1. The van der Waals surface area contributed by atoms with E-state index >= 15 is 0 Å². The van der Waals surface area contributed by atoms with Crippen LogP contribution in [0.4, 0.5) is 0 Å². The van der Waals surface area contributed by atoms with E-state index in [0.717, 1.165) is 17.9 Å². The van der Waals surface area contributed by atoms with Crippen molar-refractivity contribution in [1.82, 2.24) is 10.3 Å². The van der Waals surface area contributed by atoms with Crippen LogP contribution in [0.25, 0.3) is 0 Å². The second kappa shape index (κ2) is 6.88. The zero-order chi connectivity index (χ0) is 12.7. The Kier molecular flexibility index (Phi) is 5.45. The fourth-order valence-electron chi connectivity index (χ4n) is 1.53. The Balaban J connectivity index is 2.44. The highest BCUT2D eigenvalue weighted by Crippen LogP contribution is 2.13. The van der Waals surface area contributed by atoms with Gasteiger partial charge in [0.2, 0.25) is 5.91 Å². The summed E-state index contributed by atoms with van der Waals surface area (Å²) in [6, 6.07) is 7.88. The van der Waals surface area contributed by atoms with Crippen LogP contribution >= 0.6 is 0 Å². The Bertz CT molecular complexity index is 369. The molecule has 0 saturated carbocycles. The minimum absolute atomic E-state index is 0.150. The molecule has 1 amide bonds. The topological polar surface area (TPSA) is 67.6 Å². The van der Waals surface area contributed by atoms with Crippen LogP contribution in [-0.2, 0) is 11.3 Å². The van der Waals surface area contributed by atoms with Crippen molar-refractivity contribution in [1.29, 1.82) is 0 Å². The molecule has 0 unspecified atom stereocenters. The molecule has 0 saturated heterocycles. The lowest BCUT2D eigenvalue weighted by Gasteiger charge is -2.16. The number of hydrogen-bond donors (Lipinski definition) is 2. The van der Waals surface area contributed by atoms with Gasteiger partial charge in [-0.2, -0.15) is 0 Å². The quantitative estimate of drug-likeness (QED) is 0.430. The first-order valence-electron chi connectivity index (χ1n) is 5.46. The SMILES string of the molecule is COc1cccc(CN(C)CCC(=O)NN)c1. The predicted octanol–water partition coefficient (Wildman–Crippen LogP) is 0.507. The molecular formula is C12H19N3O2. The third kappa shape index (κ3) is 4.84. The van der Waals surface area contributed by atoms with Gasteiger partial charge in [0.15, 0.2) is 0 Å². The van der Waals surface area contributed by atoms with Crippen LogP contribution in [0.5, 0.6) is 5.75 Å². The maximum atomic E-state index is 11.0. The summed E-state index contributed by atoms with van der Waals surface area (Å²) in [7, 11) is 3.61. The van der Waals surface area contributed by atoms with Gasteiger partial charge in [-0.05, 0) is 24.7 Å². The molecule has 1 aromatic carbocycles. The van der Waals surface area contributed by atoms with Gasteiger partial charge < -0.3 is 9.64 Å². The second-order valence-electron chi connectivity index (χ2n) is 3.91. The Labute approximate surface area is 102 Å². The zero-order valence-electron chi connectivity index (χ0n) is 10.3. The lowest BCUT2D eigenvalue weighted by Crippen LogP contribution is -2.33. The minimum Gasteiger partial charge on any atom is -0.497 e. The van der Waals surface area contributed by atoms with Crippen molar-refractivity contribution in [3.63, 3.8) is 0 Å². The van der Waals surface area contributed by atoms with E-state index in [-0.39, 0.29) is 5.91 Å². The van der Waals surface area contributed by atoms with Crippen molar-refractivity contribution >= 4 is 5.91 Å². The molecule has 0 aliphatic heterocycles. The van der Waals surface area contributed by atoms with E-state index < -0.39 is 0 Å². The average molecular weight is 237 g/mol. The maximum absolute atomic E-state index is 11.0. The van der Waals surface area contributed by atoms with E-state index in [1.54, 1.807) is 7.11 Å². The number of carbonyl (C=O) groups excluding carboxylic acids is 1. The van der Waals surface area contributed by atoms with Gasteiger partial charge in [0.25, 0.3) is 0 Å². The highest BCUT2D eigenvalue weighted by Gasteiger charge is 2.04. The van der Waals surface area contributed by atoms with Crippen molar-refractivity contribution in [3.8, 4) is 5.75 Å². The molecule has 17 heavy (non-hydrogen) atoms. The lowest BCUT2D eigenvalue weighted by atomic mass is 10.2. The zero-order valence-corrected chi connectivity index (χ0v) is 10.3. The molecule has 5 nitrogen and oxygen atoms in total. The standard InChI is InChI=1S/C12H19N3O2/c1-15(7-6-12(16)14-13)9-10-4-3-5-11(8-10)17-2/h3-5,8H,6-7,9,13H2,1-2H3,(H,14,16). The second-order valence-corrected chi connectivity index (χ2v) is 3.91. The first-order chi connectivity index (χ1) is 8.15. The van der Waals surface area contributed by atoms with E-state index in [2.05, 4.69) is 10.3 Å². The number of hydrogen-bond acceptors (Lipinski definition) is 4. The van der Waals surface area contributed by atoms with Gasteiger partial charge in [-0.25, -0.2) is 5.84 Å². The number of methoxy groups -OCH3 is 1. The normalized spacial score (nSPS) is 10.4. The van der Waals surface area contributed by atoms with Crippen LogP contribution in [0, 0.1) is 0 Å². The van der Waals surface area contributed by atoms with Crippen molar-refractivity contribution in [2.45, 2.75) is 13.0 Å². The van der Waals surface area contributed by atoms with E-state index in [0.29, 0.717) is 13.0 Å². The molecule has 0 fully saturated rings. The van der Waals surface area contributed by atoms with Crippen molar-refractivity contribution < 1.29 is 9.53 Å². The van der Waals surface area contributed by atoms with Gasteiger partial charge in [-0.1, -0.05) is 12.1 Å². The summed E-state index contributed by atoms with van der Waals surface area (Å²) in [6.45, 7) is 1.44. The number of nitrogens with zero attached hydrogens (tertiary/aromatic N) is 1. The fourth-order valence-corrected chi connectivity index (χ4v) is 1.53. The molecule has 3 N–H and O–H groups in total. The van der Waals surface area contributed by atoms with E-state index in [9.17, 15) is 4.79 Å². The molecule has 1 rings (SSSR count). The molecule has 0 atom stereocenters. The summed E-state index contributed by atoms with van der Waals surface area (Å²) < 4.78 is 5.15. The number of nitrogens with one attached hydrogen (secondary N) is 1. The third-order valence-electron chi connectivity index (χ3n) is 2.47. The smallest absolute Gasteiger partial charge is 0.235 e. The monoisotopic (exact) mass is 237 g/mol. The summed E-state index contributed by atoms with van der Waals surface area (Å²) >= 11 is 0. The van der Waals surface area contributed by atoms with Gasteiger partial charge in [0.05, 0.1) is 7.11 Å². The average Bonchev–Trinajstić information content (AvgIpc) is 2.36. The van der Waals surface area contributed by atoms with Crippen molar-refractivity contribution in [3.05, 3.63) is 29.8 Å². The molecule has 94 valence electrons. The summed E-state index contributed by atoms with van der Waals surface area (Å²) in [4.78, 5) is 13.0. The highest BCUT2D eigenvalue weighted by molar-refractivity contribution is 5.75. The lowest BCUT2D eigenvalue weighted by molar-refractivity contribution is -0.121. The molecule has 0 bridgehead atoms. The first-order valence-corrected chi connectivity index (χ1v) is 5.46. The summed E-state index contributed by atoms with van der Waals surface area (Å²) in [5.74, 6) is 5.71. The molecule has 0 aliphatic rings. The van der Waals surface area contributed by atoms with Crippen molar-refractivity contribution in [2.75, 3.05) is 20.7 Å². The van der Waals surface area contributed by atoms with Crippen LogP contribution in [0.3, 0.4) is 0 Å². The Morgan fingerprint density at radius 3 is 2.94 bits per heavy atom. The van der Waals surface area contributed by atoms with Gasteiger partial charge >= 0.3 is 0 Å². The molecule has 5 heteroatoms. The number of hydrazine groups is 1. The maximum Gasteiger partial charge on any atom is 0.235 e. The number of nitrogens with two attached hydrogens (primary N) is 1. The van der Waals surface area contributed by atoms with Crippen LogP contribution in [0.1, 0.15) is 12.0 Å². The summed E-state index contributed by atoms with van der Waals surface area (Å²) in [5.41, 5.74) is 3.27. The Hall–Kier alpha value is -1.59. The fraction of sp³-hybridized carbons (Fsp3) is 0.417. The van der Waals surface area contributed by atoms with Crippen molar-refractivity contribution in [2.24, 2.45) is 5.84 Å². The Morgan fingerprint density at radius 1 is 1.53 bits per heavy atom. The predicted molar refractivity (Wildman–Crippen MR) is 66.3 cm³/mol. The Morgan fingerprint density at radius 2 is 2.29 bits per heavy atom. The largest absolute Gasteiger partial charge is 0.497 e. The molecule has 0 heterocycles. The minimum atomic E-state index is -0.150. The molecule has 0 aliphatic carbocycles. The van der Waals surface area contributed by atoms with Gasteiger partial charge in [-0.15, -0.1) is 0 Å². The molecule has 0 aromatic heterocycles. The summed E-state index contributed by atoms with van der Waals surface area (Å²) in [5, 5.41) is 0. The van der Waals surface area contributed by atoms with E-state index in [1.165, 1.54) is 0 Å². The molecule has 1 aromatic rings. The van der Waals surface area contributed by atoms with Crippen LogP contribution in [0.2, 0.25) is 0 Å². The molecule has 0 spiro atoms. The number of amides is 1. The van der Waals surface area contributed by atoms with Crippen LogP contribution in [-0.4, -0.2) is 31.5 Å². The summed E-state index contributed by atoms with van der Waals surface area (Å²) in [6.07, 6.45) is 0.400. The number of ether oxygens (including phenoxy) is 1. The van der Waals surface area contributed by atoms with Gasteiger partial charge in [-0.3, -0.25) is 10.2 Å². The van der Waals surface area contributed by atoms with Gasteiger partial charge in [0, 0.05) is 19.5 Å². The highest BCUT2D eigenvalue weighted by atomic mass is 16.5. The number of rotatable bonds is 6. The van der Waals surface area contributed by atoms with Gasteiger partial charge in [0.1, 0.15) is 5.75 Å². The van der Waals surface area contributed by atoms with Crippen LogP contribution in [0.15, 0.2) is 24.3 Å². The van der Waals surface area contributed by atoms with E-state index in [4.69, 9.17) is 10.6 Å².